The minimum Gasteiger partial charge on any atom is -0.469 e. The van der Waals surface area contributed by atoms with Gasteiger partial charge in [0.2, 0.25) is 0 Å². The van der Waals surface area contributed by atoms with Crippen LogP contribution in [0.1, 0.15) is 70.4 Å². The molecule has 20 heavy (non-hydrogen) atoms. The van der Waals surface area contributed by atoms with E-state index < -0.39 is 5.41 Å². The molecule has 2 atom stereocenters. The Morgan fingerprint density at radius 1 is 1.10 bits per heavy atom. The van der Waals surface area contributed by atoms with Crippen molar-refractivity contribution < 1.29 is 9.53 Å². The molecule has 0 aromatic heterocycles. The van der Waals surface area contributed by atoms with Gasteiger partial charge >= 0.3 is 5.97 Å². The number of ether oxygens (including phenoxy) is 1. The number of hydrogen-bond acceptors (Lipinski definition) is 2. The maximum Gasteiger partial charge on any atom is 0.311 e. The SMILES string of the molecule is CCC(C)c1ccc(C(C)CC(C)(C)C(=O)OC)cc1. The molecule has 0 saturated heterocycles. The highest BCUT2D eigenvalue weighted by Crippen LogP contribution is 2.33. The van der Waals surface area contributed by atoms with Crippen molar-refractivity contribution >= 4 is 5.97 Å². The zero-order valence-corrected chi connectivity index (χ0v) is 13.7. The summed E-state index contributed by atoms with van der Waals surface area (Å²) < 4.78 is 4.88. The van der Waals surface area contributed by atoms with Gasteiger partial charge in [-0.1, -0.05) is 45.0 Å². The monoisotopic (exact) mass is 276 g/mol. The number of carbonyl (C=O) groups excluding carboxylic acids is 1. The fourth-order valence-electron chi connectivity index (χ4n) is 2.63. The zero-order chi connectivity index (χ0) is 15.3. The molecule has 1 aromatic rings. The second kappa shape index (κ2) is 6.92. The Bertz CT molecular complexity index is 431. The average Bonchev–Trinajstić information content (AvgIpc) is 2.45. The molecule has 1 rings (SSSR count). The van der Waals surface area contributed by atoms with E-state index in [1.165, 1.54) is 18.2 Å². The summed E-state index contributed by atoms with van der Waals surface area (Å²) in [5, 5.41) is 0. The van der Waals surface area contributed by atoms with E-state index in [4.69, 9.17) is 4.74 Å². The third-order valence-corrected chi connectivity index (χ3v) is 4.24. The quantitative estimate of drug-likeness (QED) is 0.691. The highest BCUT2D eigenvalue weighted by Gasteiger charge is 2.30. The summed E-state index contributed by atoms with van der Waals surface area (Å²) in [6.07, 6.45) is 1.95. The number of esters is 1. The number of benzene rings is 1. The summed E-state index contributed by atoms with van der Waals surface area (Å²) in [6, 6.07) is 8.81. The maximum absolute atomic E-state index is 11.8. The summed E-state index contributed by atoms with van der Waals surface area (Å²) in [5.74, 6) is 0.807. The standard InChI is InChI=1S/C18H28O2/c1-7-13(2)15-8-10-16(11-9-15)14(3)12-18(4,5)17(19)20-6/h8-11,13-14H,7,12H2,1-6H3. The summed E-state index contributed by atoms with van der Waals surface area (Å²) in [7, 11) is 1.45. The van der Waals surface area contributed by atoms with E-state index in [9.17, 15) is 4.79 Å². The summed E-state index contributed by atoms with van der Waals surface area (Å²) in [5.41, 5.74) is 2.23. The molecule has 0 amide bonds. The van der Waals surface area contributed by atoms with Crippen molar-refractivity contribution in [3.8, 4) is 0 Å². The number of carbonyl (C=O) groups is 1. The van der Waals surface area contributed by atoms with Crippen LogP contribution >= 0.6 is 0 Å². The van der Waals surface area contributed by atoms with Crippen molar-refractivity contribution in [1.29, 1.82) is 0 Å². The van der Waals surface area contributed by atoms with Crippen molar-refractivity contribution in [3.63, 3.8) is 0 Å². The molecule has 0 radical (unpaired) electrons. The molecular weight excluding hydrogens is 248 g/mol. The first-order chi connectivity index (χ1) is 9.31. The van der Waals surface area contributed by atoms with Crippen LogP contribution in [0.15, 0.2) is 24.3 Å². The largest absolute Gasteiger partial charge is 0.469 e. The summed E-state index contributed by atoms with van der Waals surface area (Å²) >= 11 is 0. The third-order valence-electron chi connectivity index (χ3n) is 4.24. The van der Waals surface area contributed by atoms with Gasteiger partial charge in [-0.25, -0.2) is 0 Å². The molecule has 112 valence electrons. The van der Waals surface area contributed by atoms with Gasteiger partial charge in [-0.3, -0.25) is 4.79 Å². The van der Waals surface area contributed by atoms with Crippen molar-refractivity contribution in [2.75, 3.05) is 7.11 Å². The van der Waals surface area contributed by atoms with Gasteiger partial charge in [-0.05, 0) is 49.7 Å². The van der Waals surface area contributed by atoms with E-state index in [0.29, 0.717) is 11.8 Å². The summed E-state index contributed by atoms with van der Waals surface area (Å²) in [4.78, 5) is 11.8. The van der Waals surface area contributed by atoms with Gasteiger partial charge in [0.1, 0.15) is 0 Å². The molecule has 0 fully saturated rings. The Morgan fingerprint density at radius 2 is 1.55 bits per heavy atom. The summed E-state index contributed by atoms with van der Waals surface area (Å²) in [6.45, 7) is 10.5. The first-order valence-corrected chi connectivity index (χ1v) is 7.50. The smallest absolute Gasteiger partial charge is 0.311 e. The molecule has 2 nitrogen and oxygen atoms in total. The van der Waals surface area contributed by atoms with Crippen molar-refractivity contribution in [3.05, 3.63) is 35.4 Å². The Morgan fingerprint density at radius 3 is 1.95 bits per heavy atom. The van der Waals surface area contributed by atoms with E-state index in [0.717, 1.165) is 12.8 Å². The van der Waals surface area contributed by atoms with E-state index in [2.05, 4.69) is 45.0 Å². The molecule has 2 heteroatoms. The van der Waals surface area contributed by atoms with Crippen LogP contribution in [0.2, 0.25) is 0 Å². The predicted molar refractivity (Wildman–Crippen MR) is 84.0 cm³/mol. The van der Waals surface area contributed by atoms with Crippen LogP contribution in [-0.4, -0.2) is 13.1 Å². The molecule has 0 aliphatic carbocycles. The van der Waals surface area contributed by atoms with Crippen LogP contribution in [0, 0.1) is 5.41 Å². The van der Waals surface area contributed by atoms with Crippen molar-refractivity contribution in [1.82, 2.24) is 0 Å². The maximum atomic E-state index is 11.8. The lowest BCUT2D eigenvalue weighted by Crippen LogP contribution is -2.27. The van der Waals surface area contributed by atoms with Gasteiger partial charge < -0.3 is 4.74 Å². The van der Waals surface area contributed by atoms with E-state index >= 15 is 0 Å². The Balaban J connectivity index is 2.78. The zero-order valence-electron chi connectivity index (χ0n) is 13.7. The van der Waals surface area contributed by atoms with E-state index in [1.807, 2.05) is 13.8 Å². The van der Waals surface area contributed by atoms with Gasteiger partial charge in [-0.15, -0.1) is 0 Å². The van der Waals surface area contributed by atoms with Crippen LogP contribution in [0.5, 0.6) is 0 Å². The Kier molecular flexibility index (Phi) is 5.79. The topological polar surface area (TPSA) is 26.3 Å². The van der Waals surface area contributed by atoms with Gasteiger partial charge in [0, 0.05) is 0 Å². The molecule has 0 bridgehead atoms. The molecule has 0 aliphatic heterocycles. The van der Waals surface area contributed by atoms with Crippen LogP contribution < -0.4 is 0 Å². The third kappa shape index (κ3) is 4.09. The van der Waals surface area contributed by atoms with Crippen LogP contribution in [0.25, 0.3) is 0 Å². The van der Waals surface area contributed by atoms with Gasteiger partial charge in [0.25, 0.3) is 0 Å². The van der Waals surface area contributed by atoms with Crippen LogP contribution in [-0.2, 0) is 9.53 Å². The lowest BCUT2D eigenvalue weighted by Gasteiger charge is -2.25. The van der Waals surface area contributed by atoms with Gasteiger partial charge in [-0.2, -0.15) is 0 Å². The second-order valence-corrected chi connectivity index (χ2v) is 6.46. The lowest BCUT2D eigenvalue weighted by atomic mass is 9.80. The highest BCUT2D eigenvalue weighted by molar-refractivity contribution is 5.75. The average molecular weight is 276 g/mol. The molecule has 0 spiro atoms. The van der Waals surface area contributed by atoms with Crippen molar-refractivity contribution in [2.45, 2.75) is 59.3 Å². The van der Waals surface area contributed by atoms with Gasteiger partial charge in [0.05, 0.1) is 12.5 Å². The number of rotatable bonds is 6. The Labute approximate surface area is 123 Å². The Hall–Kier alpha value is -1.31. The van der Waals surface area contributed by atoms with Crippen LogP contribution in [0.4, 0.5) is 0 Å². The fourth-order valence-corrected chi connectivity index (χ4v) is 2.63. The molecule has 1 aromatic carbocycles. The number of methoxy groups -OCH3 is 1. The van der Waals surface area contributed by atoms with Crippen molar-refractivity contribution in [2.24, 2.45) is 5.41 Å². The van der Waals surface area contributed by atoms with E-state index in [1.54, 1.807) is 0 Å². The molecule has 0 heterocycles. The van der Waals surface area contributed by atoms with E-state index in [-0.39, 0.29) is 5.97 Å². The minimum atomic E-state index is -0.441. The molecule has 2 unspecified atom stereocenters. The highest BCUT2D eigenvalue weighted by atomic mass is 16.5. The molecular formula is C18H28O2. The van der Waals surface area contributed by atoms with Gasteiger partial charge in [0.15, 0.2) is 0 Å². The minimum absolute atomic E-state index is 0.138. The lowest BCUT2D eigenvalue weighted by molar-refractivity contribution is -0.151. The predicted octanol–water partition coefficient (Wildman–Crippen LogP) is 4.89. The first-order valence-electron chi connectivity index (χ1n) is 7.50. The second-order valence-electron chi connectivity index (χ2n) is 6.46. The fraction of sp³-hybridized carbons (Fsp3) is 0.611. The molecule has 0 saturated carbocycles. The number of hydrogen-bond donors (Lipinski definition) is 0. The first kappa shape index (κ1) is 16.7. The normalized spacial score (nSPS) is 14.7. The molecule has 0 aliphatic rings. The molecule has 0 N–H and O–H groups in total. The van der Waals surface area contributed by atoms with Crippen LogP contribution in [0.3, 0.4) is 0 Å².